The van der Waals surface area contributed by atoms with E-state index in [1.807, 2.05) is 55.1 Å². The van der Waals surface area contributed by atoms with Crippen molar-refractivity contribution in [2.24, 2.45) is 0 Å². The number of nitrogens with zero attached hydrogens (tertiary/aromatic N) is 2. The number of carbonyl (C=O) groups is 2. The molecule has 0 saturated carbocycles. The molecule has 2 aromatic carbocycles. The molecule has 7 nitrogen and oxygen atoms in total. The molecule has 0 unspecified atom stereocenters. The Morgan fingerprint density at radius 2 is 1.73 bits per heavy atom. The zero-order chi connectivity index (χ0) is 22.5. The van der Waals surface area contributed by atoms with Gasteiger partial charge in [0.1, 0.15) is 0 Å². The van der Waals surface area contributed by atoms with Crippen molar-refractivity contribution in [2.45, 2.75) is 39.2 Å². The fourth-order valence-electron chi connectivity index (χ4n) is 4.22. The normalized spacial score (nSPS) is 15.7. The smallest absolute Gasteiger partial charge is 0.411 e. The molecule has 4 rings (SSSR count). The summed E-state index contributed by atoms with van der Waals surface area (Å²) in [6.07, 6.45) is 1.40. The molecule has 0 bridgehead atoms. The van der Waals surface area contributed by atoms with Crippen molar-refractivity contribution in [3.8, 4) is 0 Å². The van der Waals surface area contributed by atoms with Crippen molar-refractivity contribution >= 4 is 41.5 Å². The highest BCUT2D eigenvalue weighted by Gasteiger charge is 2.27. The van der Waals surface area contributed by atoms with Gasteiger partial charge in [-0.1, -0.05) is 24.3 Å². The lowest BCUT2D eigenvalue weighted by atomic mass is 10.0. The molecular formula is C25H32ClN3O4. The highest BCUT2D eigenvalue weighted by molar-refractivity contribution is 6.03. The molecule has 1 N–H and O–H groups in total. The van der Waals surface area contributed by atoms with E-state index in [2.05, 4.69) is 16.3 Å². The van der Waals surface area contributed by atoms with Gasteiger partial charge in [0.2, 0.25) is 5.91 Å². The average Bonchev–Trinajstić information content (AvgIpc) is 2.94. The molecule has 2 aliphatic heterocycles. The van der Waals surface area contributed by atoms with Crippen LogP contribution in [0.15, 0.2) is 42.5 Å². The van der Waals surface area contributed by atoms with Crippen molar-refractivity contribution in [3.63, 3.8) is 0 Å². The largest absolute Gasteiger partial charge is 0.447 e. The summed E-state index contributed by atoms with van der Waals surface area (Å²) >= 11 is 0. The Morgan fingerprint density at radius 1 is 1.03 bits per heavy atom. The number of benzene rings is 2. The predicted molar refractivity (Wildman–Crippen MR) is 132 cm³/mol. The minimum absolute atomic E-state index is 0. The van der Waals surface area contributed by atoms with Crippen molar-refractivity contribution in [1.29, 1.82) is 0 Å². The van der Waals surface area contributed by atoms with Crippen LogP contribution in [-0.2, 0) is 27.1 Å². The molecule has 1 saturated heterocycles. The lowest BCUT2D eigenvalue weighted by molar-refractivity contribution is -0.118. The van der Waals surface area contributed by atoms with Gasteiger partial charge in [-0.15, -0.1) is 12.4 Å². The second kappa shape index (κ2) is 11.5. The molecule has 2 heterocycles. The molecule has 8 heteroatoms. The van der Waals surface area contributed by atoms with Crippen LogP contribution in [0.2, 0.25) is 0 Å². The van der Waals surface area contributed by atoms with E-state index in [1.54, 1.807) is 0 Å². The maximum absolute atomic E-state index is 13.6. The SMILES string of the molecule is CC(C)OC(=O)Nc1ccc2c(c1)N(C(=O)CCN1CCOCC1)c1ccccc1CC2.Cl. The Balaban J connectivity index is 0.00000306. The highest BCUT2D eigenvalue weighted by atomic mass is 35.5. The Morgan fingerprint density at radius 3 is 2.45 bits per heavy atom. The summed E-state index contributed by atoms with van der Waals surface area (Å²) in [5.41, 5.74) is 4.59. The van der Waals surface area contributed by atoms with Crippen LogP contribution in [0, 0.1) is 0 Å². The van der Waals surface area contributed by atoms with E-state index in [9.17, 15) is 9.59 Å². The van der Waals surface area contributed by atoms with Gasteiger partial charge in [0, 0.05) is 31.7 Å². The van der Waals surface area contributed by atoms with Gasteiger partial charge >= 0.3 is 6.09 Å². The van der Waals surface area contributed by atoms with Crippen LogP contribution >= 0.6 is 12.4 Å². The van der Waals surface area contributed by atoms with E-state index in [0.717, 1.165) is 48.4 Å². The van der Waals surface area contributed by atoms with Crippen LogP contribution in [0.5, 0.6) is 0 Å². The third-order valence-corrected chi connectivity index (χ3v) is 5.81. The van der Waals surface area contributed by atoms with Crippen LogP contribution < -0.4 is 10.2 Å². The molecule has 0 aliphatic carbocycles. The van der Waals surface area contributed by atoms with Gasteiger partial charge in [0.25, 0.3) is 0 Å². The van der Waals surface area contributed by atoms with Gasteiger partial charge in [-0.05, 0) is 56.0 Å². The number of carbonyl (C=O) groups excluding carboxylic acids is 2. The van der Waals surface area contributed by atoms with E-state index < -0.39 is 6.09 Å². The lowest BCUT2D eigenvalue weighted by Gasteiger charge is -2.29. The standard InChI is InChI=1S/C25H31N3O4.ClH/c1-18(2)32-25(30)26-21-10-9-20-8-7-19-5-3-4-6-22(19)28(23(20)17-21)24(29)11-12-27-13-15-31-16-14-27;/h3-6,9-10,17-18H,7-8,11-16H2,1-2H3,(H,26,30);1H. The first-order valence-electron chi connectivity index (χ1n) is 11.3. The molecule has 1 fully saturated rings. The number of hydrogen-bond donors (Lipinski definition) is 1. The Kier molecular flexibility index (Phi) is 8.72. The zero-order valence-electron chi connectivity index (χ0n) is 19.2. The molecule has 2 amide bonds. The van der Waals surface area contributed by atoms with Crippen molar-refractivity contribution in [3.05, 3.63) is 53.6 Å². The quantitative estimate of drug-likeness (QED) is 0.689. The van der Waals surface area contributed by atoms with Crippen molar-refractivity contribution < 1.29 is 19.1 Å². The van der Waals surface area contributed by atoms with Gasteiger partial charge in [-0.25, -0.2) is 4.79 Å². The molecule has 2 aromatic rings. The average molecular weight is 474 g/mol. The van der Waals surface area contributed by atoms with E-state index in [0.29, 0.717) is 31.9 Å². The summed E-state index contributed by atoms with van der Waals surface area (Å²) < 4.78 is 10.6. The number of amides is 2. The second-order valence-electron chi connectivity index (χ2n) is 8.48. The Labute approximate surface area is 201 Å². The first kappa shape index (κ1) is 25.0. The molecule has 178 valence electrons. The maximum atomic E-state index is 13.6. The third-order valence-electron chi connectivity index (χ3n) is 5.81. The second-order valence-corrected chi connectivity index (χ2v) is 8.48. The number of para-hydroxylation sites is 1. The predicted octanol–water partition coefficient (Wildman–Crippen LogP) is 4.55. The minimum Gasteiger partial charge on any atom is -0.447 e. The van der Waals surface area contributed by atoms with Crippen LogP contribution in [0.3, 0.4) is 0 Å². The molecule has 0 spiro atoms. The fourth-order valence-corrected chi connectivity index (χ4v) is 4.22. The number of nitrogens with one attached hydrogen (secondary N) is 1. The van der Waals surface area contributed by atoms with Crippen LogP contribution in [-0.4, -0.2) is 55.9 Å². The number of morpholine rings is 1. The molecule has 33 heavy (non-hydrogen) atoms. The number of fused-ring (bicyclic) bond motifs is 2. The molecular weight excluding hydrogens is 442 g/mol. The number of halogens is 1. The zero-order valence-corrected chi connectivity index (χ0v) is 20.0. The van der Waals surface area contributed by atoms with E-state index in [4.69, 9.17) is 9.47 Å². The van der Waals surface area contributed by atoms with Gasteiger partial charge in [-0.3, -0.25) is 19.9 Å². The first-order chi connectivity index (χ1) is 15.5. The van der Waals surface area contributed by atoms with Crippen LogP contribution in [0.25, 0.3) is 0 Å². The van der Waals surface area contributed by atoms with Crippen LogP contribution in [0.4, 0.5) is 21.9 Å². The summed E-state index contributed by atoms with van der Waals surface area (Å²) in [6, 6.07) is 13.8. The summed E-state index contributed by atoms with van der Waals surface area (Å²) in [6.45, 7) is 7.45. The highest BCUT2D eigenvalue weighted by Crippen LogP contribution is 2.38. The van der Waals surface area contributed by atoms with Crippen molar-refractivity contribution in [2.75, 3.05) is 43.1 Å². The topological polar surface area (TPSA) is 71.1 Å². The maximum Gasteiger partial charge on any atom is 0.411 e. The first-order valence-corrected chi connectivity index (χ1v) is 11.3. The minimum atomic E-state index is -0.501. The number of ether oxygens (including phenoxy) is 2. The Bertz CT molecular complexity index is 976. The fraction of sp³-hybridized carbons (Fsp3) is 0.440. The monoisotopic (exact) mass is 473 g/mol. The van der Waals surface area contributed by atoms with Gasteiger partial charge < -0.3 is 9.47 Å². The van der Waals surface area contributed by atoms with Crippen LogP contribution in [0.1, 0.15) is 31.4 Å². The summed E-state index contributed by atoms with van der Waals surface area (Å²) in [4.78, 5) is 29.8. The number of aryl methyl sites for hydroxylation is 2. The number of hydrogen-bond acceptors (Lipinski definition) is 5. The molecule has 0 aromatic heterocycles. The molecule has 0 atom stereocenters. The summed E-state index contributed by atoms with van der Waals surface area (Å²) in [7, 11) is 0. The Hall–Kier alpha value is -2.61. The van der Waals surface area contributed by atoms with E-state index >= 15 is 0 Å². The summed E-state index contributed by atoms with van der Waals surface area (Å²) in [5, 5.41) is 2.79. The van der Waals surface area contributed by atoms with Gasteiger partial charge in [0.05, 0.1) is 30.7 Å². The molecule has 2 aliphatic rings. The van der Waals surface area contributed by atoms with Crippen molar-refractivity contribution in [1.82, 2.24) is 4.90 Å². The van der Waals surface area contributed by atoms with Gasteiger partial charge in [-0.2, -0.15) is 0 Å². The van der Waals surface area contributed by atoms with E-state index in [-0.39, 0.29) is 24.4 Å². The van der Waals surface area contributed by atoms with E-state index in [1.165, 1.54) is 0 Å². The lowest BCUT2D eigenvalue weighted by Crippen LogP contribution is -2.39. The van der Waals surface area contributed by atoms with Gasteiger partial charge in [0.15, 0.2) is 0 Å². The molecule has 0 radical (unpaired) electrons. The summed E-state index contributed by atoms with van der Waals surface area (Å²) in [5.74, 6) is 0.0500. The number of rotatable bonds is 5. The third kappa shape index (κ3) is 6.25. The number of anilines is 3.